The second-order valence-electron chi connectivity index (χ2n) is 6.77. The van der Waals surface area contributed by atoms with Crippen molar-refractivity contribution < 1.29 is 0 Å². The molecule has 4 aromatic rings. The van der Waals surface area contributed by atoms with Crippen LogP contribution < -0.4 is 15.5 Å². The van der Waals surface area contributed by atoms with Crippen molar-refractivity contribution >= 4 is 23.0 Å². The molecule has 0 unspecified atom stereocenters. The zero-order chi connectivity index (χ0) is 18.9. The first-order chi connectivity index (χ1) is 13.8. The first-order valence-corrected chi connectivity index (χ1v) is 9.27. The number of hydrogen-bond acceptors (Lipinski definition) is 7. The number of hydrogen-bond donors (Lipinski definition) is 1. The monoisotopic (exact) mass is 372 g/mol. The van der Waals surface area contributed by atoms with E-state index in [4.69, 9.17) is 10.8 Å². The lowest BCUT2D eigenvalue weighted by Gasteiger charge is -2.36. The average molecular weight is 372 g/mol. The Bertz CT molecular complexity index is 1080. The van der Waals surface area contributed by atoms with E-state index in [1.165, 1.54) is 0 Å². The van der Waals surface area contributed by atoms with Gasteiger partial charge in [-0.15, -0.1) is 15.3 Å². The Kier molecular flexibility index (Phi) is 4.01. The molecule has 2 N–H and O–H groups in total. The molecule has 28 heavy (non-hydrogen) atoms. The van der Waals surface area contributed by atoms with E-state index in [2.05, 4.69) is 25.0 Å². The largest absolute Gasteiger partial charge is 0.384 e. The molecule has 4 heterocycles. The molecular formula is C20H20N8. The van der Waals surface area contributed by atoms with Crippen LogP contribution in [0.25, 0.3) is 17.0 Å². The minimum Gasteiger partial charge on any atom is -0.384 e. The summed E-state index contributed by atoms with van der Waals surface area (Å²) in [7, 11) is 0. The zero-order valence-corrected chi connectivity index (χ0v) is 15.3. The van der Waals surface area contributed by atoms with E-state index in [1.807, 2.05) is 65.3 Å². The van der Waals surface area contributed by atoms with Crippen LogP contribution in [0.2, 0.25) is 0 Å². The summed E-state index contributed by atoms with van der Waals surface area (Å²) in [5.74, 6) is 2.23. The fraction of sp³-hybridized carbons (Fsp3) is 0.200. The maximum absolute atomic E-state index is 5.69. The molecule has 1 aliphatic rings. The van der Waals surface area contributed by atoms with E-state index in [9.17, 15) is 0 Å². The molecule has 0 atom stereocenters. The van der Waals surface area contributed by atoms with Gasteiger partial charge in [-0.3, -0.25) is 0 Å². The van der Waals surface area contributed by atoms with Crippen LogP contribution in [0.4, 0.5) is 17.3 Å². The van der Waals surface area contributed by atoms with Crippen LogP contribution in [0.1, 0.15) is 0 Å². The minimum absolute atomic E-state index is 0.544. The molecule has 0 amide bonds. The van der Waals surface area contributed by atoms with Gasteiger partial charge in [0.15, 0.2) is 11.5 Å². The summed E-state index contributed by atoms with van der Waals surface area (Å²) in [6.07, 6.45) is 1.83. The topological polar surface area (TPSA) is 88.5 Å². The van der Waals surface area contributed by atoms with Gasteiger partial charge in [-0.2, -0.15) is 4.52 Å². The fourth-order valence-electron chi connectivity index (χ4n) is 3.49. The van der Waals surface area contributed by atoms with Crippen LogP contribution in [0.15, 0.2) is 60.8 Å². The zero-order valence-electron chi connectivity index (χ0n) is 15.3. The lowest BCUT2D eigenvalue weighted by Crippen LogP contribution is -2.47. The molecule has 3 aromatic heterocycles. The van der Waals surface area contributed by atoms with Crippen LogP contribution in [0, 0.1) is 0 Å². The van der Waals surface area contributed by atoms with Gasteiger partial charge < -0.3 is 15.5 Å². The molecule has 0 saturated carbocycles. The van der Waals surface area contributed by atoms with Crippen molar-refractivity contribution in [2.75, 3.05) is 41.7 Å². The van der Waals surface area contributed by atoms with E-state index in [0.29, 0.717) is 5.82 Å². The summed E-state index contributed by atoms with van der Waals surface area (Å²) in [6.45, 7) is 3.56. The van der Waals surface area contributed by atoms with Gasteiger partial charge in [0, 0.05) is 31.7 Å². The lowest BCUT2D eigenvalue weighted by atomic mass is 10.2. The number of rotatable bonds is 3. The normalized spacial score (nSPS) is 14.6. The van der Waals surface area contributed by atoms with Gasteiger partial charge in [0.2, 0.25) is 0 Å². The minimum atomic E-state index is 0.544. The Morgan fingerprint density at radius 3 is 2.32 bits per heavy atom. The van der Waals surface area contributed by atoms with Crippen LogP contribution in [0.3, 0.4) is 0 Å². The Hall–Kier alpha value is -3.68. The summed E-state index contributed by atoms with van der Waals surface area (Å²) in [6, 6.07) is 17.9. The fourth-order valence-corrected chi connectivity index (χ4v) is 3.49. The molecule has 1 aromatic carbocycles. The van der Waals surface area contributed by atoms with Gasteiger partial charge in [0.05, 0.1) is 11.9 Å². The molecule has 8 nitrogen and oxygen atoms in total. The Balaban J connectivity index is 1.38. The van der Waals surface area contributed by atoms with Crippen LogP contribution in [-0.4, -0.2) is 51.0 Å². The van der Waals surface area contributed by atoms with Crippen molar-refractivity contribution in [1.29, 1.82) is 0 Å². The van der Waals surface area contributed by atoms with Crippen molar-refractivity contribution in [1.82, 2.24) is 24.8 Å². The van der Waals surface area contributed by atoms with Gasteiger partial charge in [0.1, 0.15) is 11.6 Å². The summed E-state index contributed by atoms with van der Waals surface area (Å²) in [5.41, 5.74) is 8.53. The first kappa shape index (κ1) is 16.5. The highest BCUT2D eigenvalue weighted by Crippen LogP contribution is 2.22. The van der Waals surface area contributed by atoms with Crippen LogP contribution in [0.5, 0.6) is 0 Å². The summed E-state index contributed by atoms with van der Waals surface area (Å²) < 4.78 is 1.82. The molecule has 5 rings (SSSR count). The lowest BCUT2D eigenvalue weighted by molar-refractivity contribution is 0.641. The third kappa shape index (κ3) is 2.98. The van der Waals surface area contributed by atoms with E-state index < -0.39 is 0 Å². The van der Waals surface area contributed by atoms with Gasteiger partial charge in [0.25, 0.3) is 0 Å². The standard InChI is InChI=1S/C20H20N8/c21-17-7-6-16(14-22-17)26-10-12-27(13-11-26)19-9-8-18-23-24-20(28(18)25-19)15-4-2-1-3-5-15/h1-9,14H,10-13H2,(H2,21,22). The molecule has 1 fully saturated rings. The molecule has 140 valence electrons. The number of benzene rings is 1. The maximum Gasteiger partial charge on any atom is 0.185 e. The van der Waals surface area contributed by atoms with E-state index in [1.54, 1.807) is 0 Å². The number of nitrogen functional groups attached to an aromatic ring is 1. The first-order valence-electron chi connectivity index (χ1n) is 9.27. The second kappa shape index (κ2) is 6.80. The van der Waals surface area contributed by atoms with Crippen molar-refractivity contribution in [2.45, 2.75) is 0 Å². The number of fused-ring (bicyclic) bond motifs is 1. The van der Waals surface area contributed by atoms with E-state index in [-0.39, 0.29) is 0 Å². The van der Waals surface area contributed by atoms with Gasteiger partial charge in [-0.05, 0) is 24.3 Å². The predicted octanol–water partition coefficient (Wildman–Crippen LogP) is 2.10. The summed E-state index contributed by atoms with van der Waals surface area (Å²) >= 11 is 0. The third-order valence-electron chi connectivity index (χ3n) is 5.02. The number of nitrogens with two attached hydrogens (primary N) is 1. The van der Waals surface area contributed by atoms with Gasteiger partial charge in [-0.25, -0.2) is 4.98 Å². The summed E-state index contributed by atoms with van der Waals surface area (Å²) in [5, 5.41) is 13.4. The van der Waals surface area contributed by atoms with Crippen molar-refractivity contribution in [2.24, 2.45) is 0 Å². The van der Waals surface area contributed by atoms with Crippen molar-refractivity contribution in [3.63, 3.8) is 0 Å². The number of pyridine rings is 1. The quantitative estimate of drug-likeness (QED) is 0.589. The SMILES string of the molecule is Nc1ccc(N2CCN(c3ccc4nnc(-c5ccccc5)n4n3)CC2)cn1. The highest BCUT2D eigenvalue weighted by molar-refractivity contribution is 5.59. The number of piperazine rings is 1. The predicted molar refractivity (Wildman–Crippen MR) is 109 cm³/mol. The Morgan fingerprint density at radius 2 is 1.57 bits per heavy atom. The number of anilines is 3. The Labute approximate surface area is 162 Å². The second-order valence-corrected chi connectivity index (χ2v) is 6.77. The highest BCUT2D eigenvalue weighted by atomic mass is 15.4. The summed E-state index contributed by atoms with van der Waals surface area (Å²) in [4.78, 5) is 8.79. The number of aromatic nitrogens is 5. The van der Waals surface area contributed by atoms with Crippen molar-refractivity contribution in [3.05, 3.63) is 60.8 Å². The molecular weight excluding hydrogens is 352 g/mol. The van der Waals surface area contributed by atoms with Crippen molar-refractivity contribution in [3.8, 4) is 11.4 Å². The smallest absolute Gasteiger partial charge is 0.185 e. The average Bonchev–Trinajstić information content (AvgIpc) is 3.18. The van der Waals surface area contributed by atoms with E-state index >= 15 is 0 Å². The van der Waals surface area contributed by atoms with Gasteiger partial charge >= 0.3 is 0 Å². The van der Waals surface area contributed by atoms with E-state index in [0.717, 1.165) is 54.7 Å². The molecule has 1 aliphatic heterocycles. The van der Waals surface area contributed by atoms with Gasteiger partial charge in [-0.1, -0.05) is 30.3 Å². The molecule has 1 saturated heterocycles. The third-order valence-corrected chi connectivity index (χ3v) is 5.02. The van der Waals surface area contributed by atoms with Crippen LogP contribution >= 0.6 is 0 Å². The molecule has 0 bridgehead atoms. The maximum atomic E-state index is 5.69. The molecule has 0 radical (unpaired) electrons. The Morgan fingerprint density at radius 1 is 0.786 bits per heavy atom. The molecule has 8 heteroatoms. The molecule has 0 spiro atoms. The van der Waals surface area contributed by atoms with Crippen LogP contribution in [-0.2, 0) is 0 Å². The number of nitrogens with zero attached hydrogens (tertiary/aromatic N) is 7. The molecule has 0 aliphatic carbocycles. The highest BCUT2D eigenvalue weighted by Gasteiger charge is 2.20.